The number of carbonyl (C=O) groups excluding carboxylic acids is 1. The summed E-state index contributed by atoms with van der Waals surface area (Å²) in [7, 11) is 1.75. The van der Waals surface area contributed by atoms with Crippen molar-refractivity contribution in [3.05, 3.63) is 53.9 Å². The van der Waals surface area contributed by atoms with Gasteiger partial charge in [-0.1, -0.05) is 24.3 Å². The van der Waals surface area contributed by atoms with Crippen molar-refractivity contribution in [3.63, 3.8) is 0 Å². The van der Waals surface area contributed by atoms with Gasteiger partial charge in [0.1, 0.15) is 0 Å². The summed E-state index contributed by atoms with van der Waals surface area (Å²) >= 11 is 0. The fourth-order valence-electron chi connectivity index (χ4n) is 2.84. The van der Waals surface area contributed by atoms with Crippen molar-refractivity contribution in [3.8, 4) is 0 Å². The number of guanidine groups is 1. The Bertz CT molecular complexity index is 752. The van der Waals surface area contributed by atoms with Crippen LogP contribution in [0.1, 0.15) is 36.8 Å². The Morgan fingerprint density at radius 3 is 2.74 bits per heavy atom. The van der Waals surface area contributed by atoms with Crippen molar-refractivity contribution >= 4 is 11.9 Å². The number of nitrogens with one attached hydrogen (secondary N) is 3. The molecular formula is C20H28N6O. The molecule has 1 aromatic heterocycles. The second-order valence-corrected chi connectivity index (χ2v) is 6.77. The number of benzene rings is 1. The van der Waals surface area contributed by atoms with Crippen LogP contribution in [0, 0.1) is 0 Å². The molecule has 0 spiro atoms. The summed E-state index contributed by atoms with van der Waals surface area (Å²) in [6.07, 6.45) is 7.34. The molecule has 7 nitrogen and oxygen atoms in total. The van der Waals surface area contributed by atoms with E-state index in [4.69, 9.17) is 0 Å². The predicted octanol–water partition coefficient (Wildman–Crippen LogP) is 1.66. The lowest BCUT2D eigenvalue weighted by Crippen LogP contribution is -2.38. The van der Waals surface area contributed by atoms with Crippen LogP contribution in [0.5, 0.6) is 0 Å². The molecule has 0 atom stereocenters. The summed E-state index contributed by atoms with van der Waals surface area (Å²) in [5.74, 6) is 0.890. The number of aromatic nitrogens is 2. The van der Waals surface area contributed by atoms with Crippen molar-refractivity contribution in [2.75, 3.05) is 13.6 Å². The maximum absolute atomic E-state index is 11.7. The van der Waals surface area contributed by atoms with Gasteiger partial charge in [0.2, 0.25) is 5.91 Å². The summed E-state index contributed by atoms with van der Waals surface area (Å²) in [6.45, 7) is 2.14. The number of nitrogens with zero attached hydrogens (tertiary/aromatic N) is 3. The molecule has 3 N–H and O–H groups in total. The lowest BCUT2D eigenvalue weighted by Gasteiger charge is -2.14. The highest BCUT2D eigenvalue weighted by molar-refractivity contribution is 5.80. The fraction of sp³-hybridized carbons (Fsp3) is 0.450. The second kappa shape index (κ2) is 9.75. The molecule has 1 aliphatic carbocycles. The third kappa shape index (κ3) is 6.44. The minimum atomic E-state index is 0.148. The van der Waals surface area contributed by atoms with Gasteiger partial charge in [-0.25, -0.2) is 0 Å². The van der Waals surface area contributed by atoms with Crippen molar-refractivity contribution in [1.29, 1.82) is 0 Å². The van der Waals surface area contributed by atoms with E-state index in [0.29, 0.717) is 25.6 Å². The largest absolute Gasteiger partial charge is 0.356 e. The Hall–Kier alpha value is -2.83. The van der Waals surface area contributed by atoms with Gasteiger partial charge in [-0.05, 0) is 36.5 Å². The Morgan fingerprint density at radius 1 is 1.22 bits per heavy atom. The molecule has 144 valence electrons. The highest BCUT2D eigenvalue weighted by atomic mass is 16.1. The predicted molar refractivity (Wildman–Crippen MR) is 106 cm³/mol. The Balaban J connectivity index is 1.41. The average Bonchev–Trinajstić information content (AvgIpc) is 3.34. The smallest absolute Gasteiger partial charge is 0.220 e. The Morgan fingerprint density at radius 2 is 2.04 bits per heavy atom. The van der Waals surface area contributed by atoms with E-state index < -0.39 is 0 Å². The minimum absolute atomic E-state index is 0.148. The molecule has 1 amide bonds. The first kappa shape index (κ1) is 18.9. The lowest BCUT2D eigenvalue weighted by atomic mass is 10.1. The van der Waals surface area contributed by atoms with Gasteiger partial charge in [0, 0.05) is 45.0 Å². The normalized spacial score (nSPS) is 14.0. The van der Waals surface area contributed by atoms with Crippen LogP contribution in [-0.4, -0.2) is 41.3 Å². The van der Waals surface area contributed by atoms with Crippen molar-refractivity contribution in [1.82, 2.24) is 25.7 Å². The summed E-state index contributed by atoms with van der Waals surface area (Å²) < 4.78 is 1.92. The molecule has 7 heteroatoms. The molecule has 1 fully saturated rings. The molecule has 0 saturated heterocycles. The van der Waals surface area contributed by atoms with Crippen molar-refractivity contribution in [2.45, 2.75) is 44.8 Å². The quantitative estimate of drug-likeness (QED) is 0.357. The van der Waals surface area contributed by atoms with E-state index in [-0.39, 0.29) is 5.91 Å². The van der Waals surface area contributed by atoms with Gasteiger partial charge in [0.15, 0.2) is 5.96 Å². The SMILES string of the molecule is CN=C(NCCCC(=O)NC1CC1)NCc1ccccc1Cn1cccn1. The lowest BCUT2D eigenvalue weighted by molar-refractivity contribution is -0.121. The van der Waals surface area contributed by atoms with Gasteiger partial charge >= 0.3 is 0 Å². The van der Waals surface area contributed by atoms with Gasteiger partial charge in [-0.15, -0.1) is 0 Å². The van der Waals surface area contributed by atoms with E-state index in [9.17, 15) is 4.79 Å². The summed E-state index contributed by atoms with van der Waals surface area (Å²) in [5, 5.41) is 13.9. The van der Waals surface area contributed by atoms with E-state index in [0.717, 1.165) is 31.8 Å². The number of rotatable bonds is 9. The van der Waals surface area contributed by atoms with Crippen LogP contribution in [0.15, 0.2) is 47.7 Å². The van der Waals surface area contributed by atoms with Crippen LogP contribution >= 0.6 is 0 Å². The molecule has 1 aliphatic rings. The molecule has 0 unspecified atom stereocenters. The van der Waals surface area contributed by atoms with Gasteiger partial charge in [-0.3, -0.25) is 14.5 Å². The van der Waals surface area contributed by atoms with Gasteiger partial charge in [0.25, 0.3) is 0 Å². The van der Waals surface area contributed by atoms with Crippen molar-refractivity contribution < 1.29 is 4.79 Å². The fourth-order valence-corrected chi connectivity index (χ4v) is 2.84. The third-order valence-corrected chi connectivity index (χ3v) is 4.50. The second-order valence-electron chi connectivity index (χ2n) is 6.77. The van der Waals surface area contributed by atoms with E-state index >= 15 is 0 Å². The maximum Gasteiger partial charge on any atom is 0.220 e. The number of carbonyl (C=O) groups is 1. The summed E-state index contributed by atoms with van der Waals surface area (Å²) in [4.78, 5) is 16.0. The first-order chi connectivity index (χ1) is 13.2. The molecule has 1 saturated carbocycles. The monoisotopic (exact) mass is 368 g/mol. The Kier molecular flexibility index (Phi) is 6.84. The number of amides is 1. The molecule has 1 heterocycles. The first-order valence-electron chi connectivity index (χ1n) is 9.52. The van der Waals surface area contributed by atoms with Crippen LogP contribution < -0.4 is 16.0 Å². The minimum Gasteiger partial charge on any atom is -0.356 e. The molecule has 1 aromatic carbocycles. The zero-order valence-electron chi connectivity index (χ0n) is 15.8. The van der Waals surface area contributed by atoms with Gasteiger partial charge in [-0.2, -0.15) is 5.10 Å². The average molecular weight is 368 g/mol. The Labute approximate surface area is 160 Å². The third-order valence-electron chi connectivity index (χ3n) is 4.50. The van der Waals surface area contributed by atoms with E-state index in [1.807, 2.05) is 29.1 Å². The first-order valence-corrected chi connectivity index (χ1v) is 9.52. The van der Waals surface area contributed by atoms with Gasteiger partial charge in [0.05, 0.1) is 6.54 Å². The van der Waals surface area contributed by atoms with Crippen LogP contribution in [0.3, 0.4) is 0 Å². The van der Waals surface area contributed by atoms with Crippen LogP contribution in [-0.2, 0) is 17.9 Å². The summed E-state index contributed by atoms with van der Waals surface area (Å²) in [6, 6.07) is 10.7. The highest BCUT2D eigenvalue weighted by Gasteiger charge is 2.22. The highest BCUT2D eigenvalue weighted by Crippen LogP contribution is 2.18. The van der Waals surface area contributed by atoms with E-state index in [2.05, 4.69) is 38.2 Å². The molecule has 27 heavy (non-hydrogen) atoms. The zero-order valence-corrected chi connectivity index (χ0v) is 15.8. The standard InChI is InChI=1S/C20H28N6O/c1-21-20(22-11-4-8-19(27)25-18-9-10-18)23-14-16-6-2-3-7-17(16)15-26-13-5-12-24-26/h2-3,5-7,12-13,18H,4,8-11,14-15H2,1H3,(H,25,27)(H2,21,22,23). The molecule has 2 aromatic rings. The molecule has 0 radical (unpaired) electrons. The van der Waals surface area contributed by atoms with E-state index in [1.165, 1.54) is 11.1 Å². The zero-order chi connectivity index (χ0) is 18.9. The van der Waals surface area contributed by atoms with Crippen LogP contribution in [0.25, 0.3) is 0 Å². The molecule has 0 aliphatic heterocycles. The molecule has 0 bridgehead atoms. The molecule has 3 rings (SSSR count). The van der Waals surface area contributed by atoms with Crippen LogP contribution in [0.4, 0.5) is 0 Å². The number of aliphatic imine (C=N–C) groups is 1. The number of hydrogen-bond donors (Lipinski definition) is 3. The van der Waals surface area contributed by atoms with Crippen molar-refractivity contribution in [2.24, 2.45) is 4.99 Å². The van der Waals surface area contributed by atoms with Crippen LogP contribution in [0.2, 0.25) is 0 Å². The topological polar surface area (TPSA) is 83.3 Å². The van der Waals surface area contributed by atoms with E-state index in [1.54, 1.807) is 13.2 Å². The summed E-state index contributed by atoms with van der Waals surface area (Å²) in [5.41, 5.74) is 2.43. The maximum atomic E-state index is 11.7. The number of hydrogen-bond acceptors (Lipinski definition) is 3. The molecular weight excluding hydrogens is 340 g/mol. The van der Waals surface area contributed by atoms with Gasteiger partial charge < -0.3 is 16.0 Å².